The molecule has 0 atom stereocenters. The second-order valence-corrected chi connectivity index (χ2v) is 6.17. The molecule has 0 aromatic carbocycles. The summed E-state index contributed by atoms with van der Waals surface area (Å²) in [5.74, 6) is 0.855. The van der Waals surface area contributed by atoms with E-state index in [1.54, 1.807) is 0 Å². The van der Waals surface area contributed by atoms with Gasteiger partial charge in [-0.1, -0.05) is 6.07 Å². The van der Waals surface area contributed by atoms with E-state index in [2.05, 4.69) is 42.6 Å². The fourth-order valence-corrected chi connectivity index (χ4v) is 3.16. The minimum Gasteiger partial charge on any atom is -0.338 e. The Morgan fingerprint density at radius 2 is 1.90 bits per heavy atom. The molecule has 0 unspecified atom stereocenters. The fourth-order valence-electron chi connectivity index (χ4n) is 2.49. The van der Waals surface area contributed by atoms with Crippen molar-refractivity contribution in [2.75, 3.05) is 44.2 Å². The molecule has 2 aromatic rings. The normalized spacial score (nSPS) is 16.3. The van der Waals surface area contributed by atoms with Crippen molar-refractivity contribution in [2.45, 2.75) is 6.54 Å². The van der Waals surface area contributed by atoms with Gasteiger partial charge in [0.15, 0.2) is 0 Å². The van der Waals surface area contributed by atoms with Crippen molar-refractivity contribution in [3.8, 4) is 0 Å². The minimum atomic E-state index is 0.855. The lowest BCUT2D eigenvalue weighted by Crippen LogP contribution is -2.48. The van der Waals surface area contributed by atoms with Gasteiger partial charge in [0.2, 0.25) is 5.95 Å². The molecule has 3 heterocycles. The predicted molar refractivity (Wildman–Crippen MR) is 86.7 cm³/mol. The van der Waals surface area contributed by atoms with Crippen molar-refractivity contribution in [1.82, 2.24) is 20.2 Å². The summed E-state index contributed by atoms with van der Waals surface area (Å²) in [6.07, 6.45) is 3.62. The quantitative estimate of drug-likeness (QED) is 0.818. The molecule has 0 amide bonds. The average molecular weight is 303 g/mol. The summed E-state index contributed by atoms with van der Waals surface area (Å²) < 4.78 is 0. The van der Waals surface area contributed by atoms with Crippen LogP contribution < -0.4 is 10.2 Å². The molecular weight excluding hydrogens is 282 g/mol. The number of nitrogens with one attached hydrogen (secondary N) is 1. The summed E-state index contributed by atoms with van der Waals surface area (Å²) in [4.78, 5) is 14.8. The van der Waals surface area contributed by atoms with E-state index in [4.69, 9.17) is 0 Å². The Bertz CT molecular complexity index is 508. The second kappa shape index (κ2) is 7.49. The van der Waals surface area contributed by atoms with Crippen LogP contribution in [0.4, 0.5) is 5.95 Å². The van der Waals surface area contributed by atoms with E-state index in [0.29, 0.717) is 0 Å². The molecule has 1 aliphatic heterocycles. The van der Waals surface area contributed by atoms with Crippen LogP contribution in [0.25, 0.3) is 0 Å². The van der Waals surface area contributed by atoms with Gasteiger partial charge in [0, 0.05) is 63.1 Å². The average Bonchev–Trinajstić information content (AvgIpc) is 3.06. The first-order chi connectivity index (χ1) is 10.4. The number of piperazine rings is 1. The number of rotatable bonds is 6. The first-order valence-corrected chi connectivity index (χ1v) is 8.27. The summed E-state index contributed by atoms with van der Waals surface area (Å²) in [5, 5.41) is 5.64. The lowest BCUT2D eigenvalue weighted by atomic mass is 10.3. The summed E-state index contributed by atoms with van der Waals surface area (Å²) in [5.41, 5.74) is 0. The maximum atomic E-state index is 4.32. The summed E-state index contributed by atoms with van der Waals surface area (Å²) >= 11 is 1.81. The number of nitrogens with zero attached hydrogens (tertiary/aromatic N) is 4. The molecule has 3 rings (SSSR count). The molecule has 1 fully saturated rings. The SMILES string of the molecule is c1cnc(N2CCN(CCNCc3cccs3)CC2)nc1. The van der Waals surface area contributed by atoms with Gasteiger partial charge in [-0.2, -0.15) is 0 Å². The first-order valence-electron chi connectivity index (χ1n) is 7.39. The molecule has 21 heavy (non-hydrogen) atoms. The van der Waals surface area contributed by atoms with E-state index in [0.717, 1.165) is 51.8 Å². The summed E-state index contributed by atoms with van der Waals surface area (Å²) in [6.45, 7) is 7.31. The van der Waals surface area contributed by atoms with Gasteiger partial charge < -0.3 is 10.2 Å². The van der Waals surface area contributed by atoms with E-state index in [1.807, 2.05) is 29.8 Å². The van der Waals surface area contributed by atoms with Crippen molar-refractivity contribution in [2.24, 2.45) is 0 Å². The zero-order valence-corrected chi connectivity index (χ0v) is 12.9. The summed E-state index contributed by atoms with van der Waals surface area (Å²) in [6, 6.07) is 6.14. The van der Waals surface area contributed by atoms with Crippen LogP contribution in [0.15, 0.2) is 36.0 Å². The van der Waals surface area contributed by atoms with E-state index in [9.17, 15) is 0 Å². The summed E-state index contributed by atoms with van der Waals surface area (Å²) in [7, 11) is 0. The molecule has 1 saturated heterocycles. The van der Waals surface area contributed by atoms with Gasteiger partial charge in [0.05, 0.1) is 0 Å². The second-order valence-electron chi connectivity index (χ2n) is 5.13. The van der Waals surface area contributed by atoms with Gasteiger partial charge >= 0.3 is 0 Å². The third-order valence-corrected chi connectivity index (χ3v) is 4.57. The maximum Gasteiger partial charge on any atom is 0.225 e. The highest BCUT2D eigenvalue weighted by molar-refractivity contribution is 7.09. The van der Waals surface area contributed by atoms with Gasteiger partial charge in [-0.3, -0.25) is 4.90 Å². The number of hydrogen-bond donors (Lipinski definition) is 1. The Morgan fingerprint density at radius 1 is 1.10 bits per heavy atom. The van der Waals surface area contributed by atoms with Crippen LogP contribution in [-0.2, 0) is 6.54 Å². The van der Waals surface area contributed by atoms with E-state index in [1.165, 1.54) is 4.88 Å². The molecule has 0 spiro atoms. The maximum absolute atomic E-state index is 4.32. The molecule has 5 nitrogen and oxygen atoms in total. The third kappa shape index (κ3) is 4.23. The minimum absolute atomic E-state index is 0.855. The number of thiophene rings is 1. The van der Waals surface area contributed by atoms with Crippen molar-refractivity contribution in [3.05, 3.63) is 40.8 Å². The van der Waals surface area contributed by atoms with Crippen molar-refractivity contribution in [1.29, 1.82) is 0 Å². The number of hydrogen-bond acceptors (Lipinski definition) is 6. The standard InChI is InChI=1S/C15H21N5S/c1-3-14(21-12-1)13-16-6-7-19-8-10-20(11-9-19)15-17-4-2-5-18-15/h1-5,12,16H,6-11,13H2. The highest BCUT2D eigenvalue weighted by atomic mass is 32.1. The third-order valence-electron chi connectivity index (χ3n) is 3.69. The monoisotopic (exact) mass is 303 g/mol. The van der Waals surface area contributed by atoms with Crippen LogP contribution in [0.5, 0.6) is 0 Å². The Kier molecular flexibility index (Phi) is 5.15. The molecule has 0 bridgehead atoms. The van der Waals surface area contributed by atoms with E-state index >= 15 is 0 Å². The molecule has 2 aromatic heterocycles. The first kappa shape index (κ1) is 14.4. The predicted octanol–water partition coefficient (Wildman–Crippen LogP) is 1.45. The van der Waals surface area contributed by atoms with E-state index in [-0.39, 0.29) is 0 Å². The highest BCUT2D eigenvalue weighted by Crippen LogP contribution is 2.09. The van der Waals surface area contributed by atoms with Crippen LogP contribution in [-0.4, -0.2) is 54.1 Å². The molecule has 6 heteroatoms. The molecule has 112 valence electrons. The van der Waals surface area contributed by atoms with Crippen molar-refractivity contribution in [3.63, 3.8) is 0 Å². The number of aromatic nitrogens is 2. The van der Waals surface area contributed by atoms with E-state index < -0.39 is 0 Å². The van der Waals surface area contributed by atoms with Gasteiger partial charge in [0.25, 0.3) is 0 Å². The topological polar surface area (TPSA) is 44.3 Å². The Morgan fingerprint density at radius 3 is 2.62 bits per heavy atom. The molecular formula is C15H21N5S. The van der Waals surface area contributed by atoms with Crippen LogP contribution in [0.1, 0.15) is 4.88 Å². The lowest BCUT2D eigenvalue weighted by Gasteiger charge is -2.34. The zero-order valence-electron chi connectivity index (χ0n) is 12.1. The van der Waals surface area contributed by atoms with Gasteiger partial charge in [-0.25, -0.2) is 9.97 Å². The Balaban J connectivity index is 1.34. The van der Waals surface area contributed by atoms with Crippen LogP contribution in [0.2, 0.25) is 0 Å². The zero-order chi connectivity index (χ0) is 14.3. The fraction of sp³-hybridized carbons (Fsp3) is 0.467. The molecule has 0 radical (unpaired) electrons. The Labute approximate surface area is 129 Å². The van der Waals surface area contributed by atoms with Crippen molar-refractivity contribution < 1.29 is 0 Å². The smallest absolute Gasteiger partial charge is 0.225 e. The highest BCUT2D eigenvalue weighted by Gasteiger charge is 2.17. The Hall–Kier alpha value is -1.50. The van der Waals surface area contributed by atoms with Gasteiger partial charge in [0.1, 0.15) is 0 Å². The molecule has 1 N–H and O–H groups in total. The molecule has 0 aliphatic carbocycles. The van der Waals surface area contributed by atoms with Crippen LogP contribution in [0.3, 0.4) is 0 Å². The molecule has 0 saturated carbocycles. The number of anilines is 1. The largest absolute Gasteiger partial charge is 0.338 e. The lowest BCUT2D eigenvalue weighted by molar-refractivity contribution is 0.256. The van der Waals surface area contributed by atoms with Crippen LogP contribution in [0, 0.1) is 0 Å². The molecule has 1 aliphatic rings. The van der Waals surface area contributed by atoms with Crippen molar-refractivity contribution >= 4 is 17.3 Å². The van der Waals surface area contributed by atoms with Gasteiger partial charge in [-0.05, 0) is 17.5 Å². The van der Waals surface area contributed by atoms with Gasteiger partial charge in [-0.15, -0.1) is 11.3 Å². The van der Waals surface area contributed by atoms with Crippen LogP contribution >= 0.6 is 11.3 Å².